The zero-order chi connectivity index (χ0) is 21.3. The maximum absolute atomic E-state index is 12.7. The number of benzene rings is 2. The average molecular weight is 421 g/mol. The number of carbonyl (C=O) groups excluding carboxylic acids is 1. The maximum atomic E-state index is 12.7. The van der Waals surface area contributed by atoms with Gasteiger partial charge in [0.2, 0.25) is 0 Å². The van der Waals surface area contributed by atoms with Crippen molar-refractivity contribution in [3.8, 4) is 0 Å². The van der Waals surface area contributed by atoms with Gasteiger partial charge in [-0.3, -0.25) is 4.99 Å². The summed E-state index contributed by atoms with van der Waals surface area (Å²) < 4.78 is 0. The van der Waals surface area contributed by atoms with Crippen LogP contribution in [-0.4, -0.2) is 46.7 Å². The van der Waals surface area contributed by atoms with Crippen LogP contribution in [0.25, 0.3) is 0 Å². The van der Waals surface area contributed by atoms with Gasteiger partial charge in [-0.1, -0.05) is 35.9 Å². The zero-order valence-corrected chi connectivity index (χ0v) is 18.8. The predicted octanol–water partition coefficient (Wildman–Crippen LogP) is 5.20. The third-order valence-corrected chi connectivity index (χ3v) is 6.63. The van der Waals surface area contributed by atoms with E-state index in [4.69, 9.17) is 9.98 Å². The van der Waals surface area contributed by atoms with E-state index in [0.717, 1.165) is 34.8 Å². The minimum atomic E-state index is -0.435. The summed E-state index contributed by atoms with van der Waals surface area (Å²) in [5, 5.41) is 4.02. The van der Waals surface area contributed by atoms with Gasteiger partial charge < -0.3 is 10.2 Å². The Morgan fingerprint density at radius 2 is 1.70 bits per heavy atom. The van der Waals surface area contributed by atoms with Crippen molar-refractivity contribution in [1.82, 2.24) is 4.90 Å². The van der Waals surface area contributed by atoms with Gasteiger partial charge in [0.1, 0.15) is 5.04 Å². The molecule has 0 bridgehead atoms. The monoisotopic (exact) mass is 420 g/mol. The molecule has 2 aromatic carbocycles. The first-order chi connectivity index (χ1) is 14.4. The normalized spacial score (nSPS) is 17.7. The van der Waals surface area contributed by atoms with Crippen molar-refractivity contribution < 1.29 is 4.79 Å². The first-order valence-electron chi connectivity index (χ1n) is 10.3. The largest absolute Gasteiger partial charge is 0.324 e. The molecule has 1 spiro atoms. The third-order valence-electron chi connectivity index (χ3n) is 5.96. The Kier molecular flexibility index (Phi) is 5.69. The van der Waals surface area contributed by atoms with E-state index in [-0.39, 0.29) is 6.03 Å². The molecule has 1 saturated heterocycles. The summed E-state index contributed by atoms with van der Waals surface area (Å²) in [5.74, 6) is 0. The minimum Gasteiger partial charge on any atom is -0.324 e. The van der Waals surface area contributed by atoms with E-state index in [1.54, 1.807) is 11.8 Å². The maximum Gasteiger partial charge on any atom is 0.321 e. The first kappa shape index (κ1) is 20.7. The number of amides is 2. The summed E-state index contributed by atoms with van der Waals surface area (Å²) in [7, 11) is 0. The molecular weight excluding hydrogens is 392 g/mol. The summed E-state index contributed by atoms with van der Waals surface area (Å²) >= 11 is 1.64. The average Bonchev–Trinajstić information content (AvgIpc) is 3.10. The molecule has 2 heterocycles. The van der Waals surface area contributed by atoms with E-state index < -0.39 is 5.66 Å². The smallest absolute Gasteiger partial charge is 0.321 e. The Balaban J connectivity index is 1.45. The van der Waals surface area contributed by atoms with Crippen LogP contribution < -0.4 is 5.32 Å². The number of urea groups is 1. The van der Waals surface area contributed by atoms with Crippen molar-refractivity contribution in [2.24, 2.45) is 9.98 Å². The summed E-state index contributed by atoms with van der Waals surface area (Å²) in [5.41, 5.74) is 6.13. The molecule has 0 aliphatic carbocycles. The molecular formula is C24H28N4OS. The highest BCUT2D eigenvalue weighted by molar-refractivity contribution is 8.15. The van der Waals surface area contributed by atoms with Gasteiger partial charge in [0.25, 0.3) is 0 Å². The summed E-state index contributed by atoms with van der Waals surface area (Å²) in [6, 6.07) is 14.4. The fraction of sp³-hybridized carbons (Fsp3) is 0.375. The van der Waals surface area contributed by atoms with Crippen LogP contribution in [0.4, 0.5) is 10.5 Å². The second-order valence-corrected chi connectivity index (χ2v) is 8.94. The van der Waals surface area contributed by atoms with Crippen molar-refractivity contribution in [3.05, 3.63) is 64.7 Å². The lowest BCUT2D eigenvalue weighted by molar-refractivity contribution is 0.175. The fourth-order valence-electron chi connectivity index (χ4n) is 3.88. The van der Waals surface area contributed by atoms with Crippen LogP contribution in [0, 0.1) is 20.8 Å². The predicted molar refractivity (Wildman–Crippen MR) is 127 cm³/mol. The van der Waals surface area contributed by atoms with Gasteiger partial charge in [0, 0.05) is 37.2 Å². The van der Waals surface area contributed by atoms with Gasteiger partial charge in [0.05, 0.1) is 5.71 Å². The highest BCUT2D eigenvalue weighted by atomic mass is 32.2. The van der Waals surface area contributed by atoms with Gasteiger partial charge in [-0.2, -0.15) is 0 Å². The lowest BCUT2D eigenvalue weighted by Gasteiger charge is -2.35. The van der Waals surface area contributed by atoms with Crippen LogP contribution in [0.2, 0.25) is 0 Å². The van der Waals surface area contributed by atoms with Gasteiger partial charge in [-0.25, -0.2) is 9.79 Å². The topological polar surface area (TPSA) is 57.1 Å². The fourth-order valence-corrected chi connectivity index (χ4v) is 4.50. The summed E-state index contributed by atoms with van der Waals surface area (Å²) in [4.78, 5) is 24.7. The highest BCUT2D eigenvalue weighted by Crippen LogP contribution is 2.35. The molecule has 0 unspecified atom stereocenters. The molecule has 0 saturated carbocycles. The quantitative estimate of drug-likeness (QED) is 0.726. The third kappa shape index (κ3) is 4.15. The molecule has 30 heavy (non-hydrogen) atoms. The standard InChI is InChI=1S/C24H28N4OS/c1-16-5-8-19(9-6-16)21-22(30-4)27-24(26-21)11-13-28(14-12-24)23(29)25-20-10-7-17(2)18(3)15-20/h5-10,15H,11-14H2,1-4H3,(H,25,29). The Morgan fingerprint density at radius 1 is 1.00 bits per heavy atom. The number of aryl methyl sites for hydroxylation is 3. The van der Waals surface area contributed by atoms with E-state index in [0.29, 0.717) is 13.1 Å². The van der Waals surface area contributed by atoms with Crippen molar-refractivity contribution in [2.45, 2.75) is 39.3 Å². The number of anilines is 1. The highest BCUT2D eigenvalue weighted by Gasteiger charge is 2.40. The number of hydrogen-bond acceptors (Lipinski definition) is 4. The van der Waals surface area contributed by atoms with Crippen LogP contribution in [0.5, 0.6) is 0 Å². The molecule has 0 atom stereocenters. The second-order valence-electron chi connectivity index (χ2n) is 8.15. The number of thioether (sulfide) groups is 1. The number of nitrogens with zero attached hydrogens (tertiary/aromatic N) is 3. The Hall–Kier alpha value is -2.60. The number of aliphatic imine (C=N–C) groups is 2. The molecule has 2 amide bonds. The van der Waals surface area contributed by atoms with Crippen molar-refractivity contribution in [3.63, 3.8) is 0 Å². The Morgan fingerprint density at radius 3 is 2.33 bits per heavy atom. The van der Waals surface area contributed by atoms with E-state index in [2.05, 4.69) is 50.4 Å². The number of piperidine rings is 1. The second kappa shape index (κ2) is 8.26. The lowest BCUT2D eigenvalue weighted by atomic mass is 9.98. The molecule has 5 nitrogen and oxygen atoms in total. The molecule has 2 aliphatic heterocycles. The number of carbonyl (C=O) groups is 1. The molecule has 2 aliphatic rings. The number of nitrogens with one attached hydrogen (secondary N) is 1. The molecule has 0 radical (unpaired) electrons. The molecule has 0 aromatic heterocycles. The first-order valence-corrected chi connectivity index (χ1v) is 11.6. The van der Waals surface area contributed by atoms with Gasteiger partial charge in [-0.05, 0) is 50.3 Å². The van der Waals surface area contributed by atoms with Crippen LogP contribution in [0.3, 0.4) is 0 Å². The molecule has 156 valence electrons. The molecule has 1 fully saturated rings. The molecule has 1 N–H and O–H groups in total. The van der Waals surface area contributed by atoms with Crippen LogP contribution in [0.15, 0.2) is 52.4 Å². The molecule has 4 rings (SSSR count). The van der Waals surface area contributed by atoms with Crippen molar-refractivity contribution in [2.75, 3.05) is 24.7 Å². The minimum absolute atomic E-state index is 0.0529. The van der Waals surface area contributed by atoms with Crippen LogP contribution in [-0.2, 0) is 0 Å². The molecule has 6 heteroatoms. The van der Waals surface area contributed by atoms with Crippen molar-refractivity contribution in [1.29, 1.82) is 0 Å². The zero-order valence-electron chi connectivity index (χ0n) is 18.0. The number of likely N-dealkylation sites (tertiary alicyclic amines) is 1. The lowest BCUT2D eigenvalue weighted by Crippen LogP contribution is -2.46. The Bertz CT molecular complexity index is 1020. The summed E-state index contributed by atoms with van der Waals surface area (Å²) in [6.45, 7) is 7.51. The van der Waals surface area contributed by atoms with E-state index in [1.165, 1.54) is 16.7 Å². The number of rotatable bonds is 2. The van der Waals surface area contributed by atoms with Gasteiger partial charge in [0.15, 0.2) is 5.66 Å². The van der Waals surface area contributed by atoms with Crippen molar-refractivity contribution >= 4 is 34.2 Å². The van der Waals surface area contributed by atoms with Crippen LogP contribution in [0.1, 0.15) is 35.1 Å². The number of hydrogen-bond donors (Lipinski definition) is 1. The van der Waals surface area contributed by atoms with Gasteiger partial charge >= 0.3 is 6.03 Å². The SMILES string of the molecule is CSC1=NC2(CCN(C(=O)Nc3ccc(C)c(C)c3)CC2)N=C1c1ccc(C)cc1. The summed E-state index contributed by atoms with van der Waals surface area (Å²) in [6.07, 6.45) is 3.53. The van der Waals surface area contributed by atoms with E-state index in [9.17, 15) is 4.79 Å². The van der Waals surface area contributed by atoms with E-state index >= 15 is 0 Å². The van der Waals surface area contributed by atoms with Gasteiger partial charge in [-0.15, -0.1) is 11.8 Å². The van der Waals surface area contributed by atoms with Crippen LogP contribution >= 0.6 is 11.8 Å². The Labute approximate surface area is 182 Å². The molecule has 2 aromatic rings. The van der Waals surface area contributed by atoms with E-state index in [1.807, 2.05) is 29.4 Å².